The molecule has 0 atom stereocenters. The van der Waals surface area contributed by atoms with Crippen LogP contribution in [0.4, 0.5) is 56.9 Å². The Bertz CT molecular complexity index is 2560. The molecule has 254 valence electrons. The molecule has 4 nitrogen and oxygen atoms in total. The van der Waals surface area contributed by atoms with Crippen LogP contribution in [0.3, 0.4) is 0 Å². The van der Waals surface area contributed by atoms with E-state index in [2.05, 4.69) is 211 Å². The number of fused-ring (bicyclic) bond motifs is 6. The van der Waals surface area contributed by atoms with Crippen molar-refractivity contribution in [1.82, 2.24) is 0 Å². The largest absolute Gasteiger partial charge is 0.317 e. The van der Waals surface area contributed by atoms with E-state index in [-0.39, 0.29) is 12.1 Å². The number of hydrogen-bond donors (Lipinski definition) is 0. The number of nitrogens with zero attached hydrogens (tertiary/aromatic N) is 4. The van der Waals surface area contributed by atoms with Crippen LogP contribution in [0.5, 0.6) is 0 Å². The molecule has 53 heavy (non-hydrogen) atoms. The van der Waals surface area contributed by atoms with Gasteiger partial charge in [-0.2, -0.15) is 0 Å². The van der Waals surface area contributed by atoms with Crippen molar-refractivity contribution < 1.29 is 0 Å². The summed E-state index contributed by atoms with van der Waals surface area (Å²) in [5, 5.41) is 0. The fraction of sp³-hybridized carbons (Fsp3) is 0.125. The first kappa shape index (κ1) is 30.4. The molecule has 0 spiro atoms. The van der Waals surface area contributed by atoms with Gasteiger partial charge in [-0.15, -0.1) is 0 Å². The van der Waals surface area contributed by atoms with E-state index < -0.39 is 5.66 Å². The average Bonchev–Trinajstić information content (AvgIpc) is 3.43. The standard InChI is InChI=1S/C48H39BN4/c1-47(2)35-22-11-14-26-39(35)51(40-27-15-12-23-36(40)47)34-30-43-45-44(31-34)53-46-38(25-17-29-42(46)52(48(53,3)4)33-20-9-6-10-21-33)49(45)37-24-13-16-28-41(37)50(43)32-18-7-5-8-19-32/h5-31H,1-4H3. The summed E-state index contributed by atoms with van der Waals surface area (Å²) in [6.07, 6.45) is 0. The first-order valence-electron chi connectivity index (χ1n) is 18.8. The zero-order chi connectivity index (χ0) is 35.6. The Kier molecular flexibility index (Phi) is 6.13. The van der Waals surface area contributed by atoms with E-state index in [0.717, 1.165) is 11.4 Å². The number of para-hydroxylation sites is 6. The van der Waals surface area contributed by atoms with Gasteiger partial charge in [-0.25, -0.2) is 0 Å². The second kappa shape index (κ2) is 10.7. The third-order valence-corrected chi connectivity index (χ3v) is 12.2. The maximum atomic E-state index is 2.65. The molecule has 0 N–H and O–H groups in total. The van der Waals surface area contributed by atoms with Gasteiger partial charge in [0.05, 0.1) is 28.4 Å². The first-order chi connectivity index (χ1) is 25.9. The van der Waals surface area contributed by atoms with Gasteiger partial charge in [0, 0.05) is 33.9 Å². The van der Waals surface area contributed by atoms with E-state index in [1.807, 2.05) is 0 Å². The van der Waals surface area contributed by atoms with Crippen LogP contribution in [0.1, 0.15) is 38.8 Å². The highest BCUT2D eigenvalue weighted by molar-refractivity contribution is 7.00. The normalized spacial score (nSPS) is 16.4. The molecule has 11 rings (SSSR count). The van der Waals surface area contributed by atoms with Crippen molar-refractivity contribution in [2.75, 3.05) is 19.6 Å². The van der Waals surface area contributed by atoms with Gasteiger partial charge in [0.1, 0.15) is 5.66 Å². The maximum Gasteiger partial charge on any atom is 0.252 e. The molecule has 4 heterocycles. The minimum absolute atomic E-state index is 0.0720. The summed E-state index contributed by atoms with van der Waals surface area (Å²) in [6, 6.07) is 60.7. The third kappa shape index (κ3) is 3.97. The minimum Gasteiger partial charge on any atom is -0.317 e. The summed E-state index contributed by atoms with van der Waals surface area (Å²) in [6.45, 7) is 9.55. The monoisotopic (exact) mass is 682 g/mol. The summed E-state index contributed by atoms with van der Waals surface area (Å²) in [5.74, 6) is 0. The van der Waals surface area contributed by atoms with Crippen LogP contribution in [0, 0.1) is 0 Å². The second-order valence-corrected chi connectivity index (χ2v) is 15.8. The molecule has 0 amide bonds. The zero-order valence-electron chi connectivity index (χ0n) is 30.5. The molecule has 0 aliphatic carbocycles. The van der Waals surface area contributed by atoms with Crippen molar-refractivity contribution in [2.24, 2.45) is 0 Å². The summed E-state index contributed by atoms with van der Waals surface area (Å²) in [7, 11) is 0. The van der Waals surface area contributed by atoms with Gasteiger partial charge in [0.25, 0.3) is 6.71 Å². The zero-order valence-corrected chi connectivity index (χ0v) is 30.5. The van der Waals surface area contributed by atoms with Crippen molar-refractivity contribution in [1.29, 1.82) is 0 Å². The van der Waals surface area contributed by atoms with Crippen LogP contribution in [-0.2, 0) is 5.41 Å². The Morgan fingerprint density at radius 1 is 0.396 bits per heavy atom. The molecule has 0 fully saturated rings. The van der Waals surface area contributed by atoms with Crippen molar-refractivity contribution in [2.45, 2.75) is 38.8 Å². The lowest BCUT2D eigenvalue weighted by atomic mass is 9.33. The van der Waals surface area contributed by atoms with Crippen molar-refractivity contribution in [3.8, 4) is 0 Å². The molecule has 0 bridgehead atoms. The third-order valence-electron chi connectivity index (χ3n) is 12.2. The Morgan fingerprint density at radius 3 is 1.58 bits per heavy atom. The van der Waals surface area contributed by atoms with E-state index in [0.29, 0.717) is 0 Å². The lowest BCUT2D eigenvalue weighted by molar-refractivity contribution is 0.541. The lowest BCUT2D eigenvalue weighted by Gasteiger charge is -2.48. The maximum absolute atomic E-state index is 2.65. The predicted molar refractivity (Wildman–Crippen MR) is 224 cm³/mol. The number of hydrogen-bond acceptors (Lipinski definition) is 4. The molecule has 0 aromatic heterocycles. The molecule has 0 saturated heterocycles. The molecule has 0 unspecified atom stereocenters. The van der Waals surface area contributed by atoms with E-state index in [9.17, 15) is 0 Å². The minimum atomic E-state index is -0.411. The van der Waals surface area contributed by atoms with E-state index in [1.54, 1.807) is 0 Å². The number of rotatable bonds is 3. The van der Waals surface area contributed by atoms with Crippen molar-refractivity contribution in [3.63, 3.8) is 0 Å². The fourth-order valence-electron chi connectivity index (χ4n) is 10.1. The van der Waals surface area contributed by atoms with Gasteiger partial charge >= 0.3 is 0 Å². The number of anilines is 10. The van der Waals surface area contributed by atoms with E-state index >= 15 is 0 Å². The number of benzene rings is 7. The Morgan fingerprint density at radius 2 is 0.906 bits per heavy atom. The molecule has 0 radical (unpaired) electrons. The lowest BCUT2D eigenvalue weighted by Crippen LogP contribution is -2.63. The molecule has 4 aliphatic rings. The molecular weight excluding hydrogens is 643 g/mol. The Balaban J connectivity index is 1.26. The fourth-order valence-corrected chi connectivity index (χ4v) is 10.1. The molecule has 7 aromatic carbocycles. The highest BCUT2D eigenvalue weighted by Crippen LogP contribution is 2.57. The predicted octanol–water partition coefficient (Wildman–Crippen LogP) is 10.4. The second-order valence-electron chi connectivity index (χ2n) is 15.8. The summed E-state index contributed by atoms with van der Waals surface area (Å²) in [4.78, 5) is 10.2. The van der Waals surface area contributed by atoms with E-state index in [4.69, 9.17) is 0 Å². The van der Waals surface area contributed by atoms with E-state index in [1.165, 1.54) is 73.0 Å². The van der Waals surface area contributed by atoms with Crippen LogP contribution in [0.15, 0.2) is 164 Å². The average molecular weight is 683 g/mol. The highest BCUT2D eigenvalue weighted by atomic mass is 15.5. The van der Waals surface area contributed by atoms with Gasteiger partial charge in [0.2, 0.25) is 0 Å². The Hall–Kier alpha value is -6.20. The van der Waals surface area contributed by atoms with Gasteiger partial charge in [0.15, 0.2) is 0 Å². The summed E-state index contributed by atoms with van der Waals surface area (Å²) >= 11 is 0. The molecule has 4 aliphatic heterocycles. The summed E-state index contributed by atoms with van der Waals surface area (Å²) < 4.78 is 0. The quantitative estimate of drug-likeness (QED) is 0.172. The topological polar surface area (TPSA) is 13.0 Å². The molecular formula is C48H39BN4. The van der Waals surface area contributed by atoms with Crippen LogP contribution in [-0.4, -0.2) is 12.4 Å². The van der Waals surface area contributed by atoms with Crippen molar-refractivity contribution in [3.05, 3.63) is 175 Å². The van der Waals surface area contributed by atoms with Gasteiger partial charge in [-0.1, -0.05) is 117 Å². The van der Waals surface area contributed by atoms with Gasteiger partial charge in [-0.05, 0) is 102 Å². The smallest absolute Gasteiger partial charge is 0.252 e. The molecule has 7 aromatic rings. The SMILES string of the molecule is CC1(C)c2ccccc2N(c2cc3c4c(c2)N2c5c(cccc5N(c5ccccc5)C2(C)C)B4c2ccccc2N3c2ccccc2)c2ccccc21. The van der Waals surface area contributed by atoms with Crippen molar-refractivity contribution >= 4 is 80.0 Å². The van der Waals surface area contributed by atoms with Crippen LogP contribution in [0.25, 0.3) is 0 Å². The van der Waals surface area contributed by atoms with Gasteiger partial charge < -0.3 is 19.6 Å². The Labute approximate surface area is 312 Å². The molecule has 0 saturated carbocycles. The summed E-state index contributed by atoms with van der Waals surface area (Å²) in [5.41, 5.74) is 18.3. The van der Waals surface area contributed by atoms with Gasteiger partial charge in [-0.3, -0.25) is 0 Å². The molecule has 5 heteroatoms. The van der Waals surface area contributed by atoms with Crippen LogP contribution in [0.2, 0.25) is 0 Å². The highest BCUT2D eigenvalue weighted by Gasteiger charge is 2.53. The first-order valence-corrected chi connectivity index (χ1v) is 18.8. The van der Waals surface area contributed by atoms with Crippen LogP contribution < -0.4 is 36.0 Å². The van der Waals surface area contributed by atoms with Crippen LogP contribution >= 0.6 is 0 Å².